The van der Waals surface area contributed by atoms with Crippen LogP contribution in [0, 0.1) is 5.92 Å². The number of ether oxygens (including phenoxy) is 1. The van der Waals surface area contributed by atoms with Gasteiger partial charge in [0, 0.05) is 13.0 Å². The molecule has 1 fully saturated rings. The fourth-order valence-corrected chi connectivity index (χ4v) is 2.03. The quantitative estimate of drug-likeness (QED) is 0.728. The molecule has 3 N–H and O–H groups in total. The Hall–Kier alpha value is -1.30. The van der Waals surface area contributed by atoms with Gasteiger partial charge in [-0.25, -0.2) is 4.79 Å². The molecule has 2 amide bonds. The van der Waals surface area contributed by atoms with Crippen LogP contribution in [0.4, 0.5) is 4.79 Å². The van der Waals surface area contributed by atoms with Crippen molar-refractivity contribution in [1.29, 1.82) is 0 Å². The molecular weight excluding hydrogens is 236 g/mol. The lowest BCUT2D eigenvalue weighted by Gasteiger charge is -2.43. The van der Waals surface area contributed by atoms with Gasteiger partial charge in [0.1, 0.15) is 5.60 Å². The summed E-state index contributed by atoms with van der Waals surface area (Å²) < 4.78 is 5.18. The van der Waals surface area contributed by atoms with Crippen molar-refractivity contribution in [3.63, 3.8) is 0 Å². The Kier molecular flexibility index (Phi) is 3.90. The molecule has 2 atom stereocenters. The molecule has 1 aliphatic heterocycles. The van der Waals surface area contributed by atoms with Gasteiger partial charge in [-0.3, -0.25) is 9.69 Å². The second kappa shape index (κ2) is 4.76. The zero-order valence-corrected chi connectivity index (χ0v) is 11.4. The van der Waals surface area contributed by atoms with Gasteiger partial charge < -0.3 is 15.6 Å². The molecule has 1 heterocycles. The third-order valence-electron chi connectivity index (χ3n) is 2.93. The molecule has 6 nitrogen and oxygen atoms in total. The van der Waals surface area contributed by atoms with Crippen LogP contribution in [0.2, 0.25) is 0 Å². The lowest BCUT2D eigenvalue weighted by atomic mass is 9.89. The number of hydrogen-bond acceptors (Lipinski definition) is 4. The summed E-state index contributed by atoms with van der Waals surface area (Å²) in [5.74, 6) is -0.791. The number of amides is 2. The van der Waals surface area contributed by atoms with Crippen LogP contribution in [0.1, 0.15) is 40.5 Å². The Balaban J connectivity index is 2.91. The van der Waals surface area contributed by atoms with E-state index in [0.29, 0.717) is 6.42 Å². The number of primary amides is 1. The van der Waals surface area contributed by atoms with E-state index < -0.39 is 23.3 Å². The number of carbonyl (C=O) groups excluding carboxylic acids is 2. The van der Waals surface area contributed by atoms with Crippen molar-refractivity contribution in [3.8, 4) is 0 Å². The highest BCUT2D eigenvalue weighted by Gasteiger charge is 2.48. The van der Waals surface area contributed by atoms with Crippen LogP contribution < -0.4 is 5.73 Å². The molecule has 104 valence electrons. The molecule has 0 aromatic heterocycles. The van der Waals surface area contributed by atoms with Gasteiger partial charge in [-0.1, -0.05) is 6.92 Å². The molecule has 0 aromatic rings. The van der Waals surface area contributed by atoms with Crippen LogP contribution in [0.3, 0.4) is 0 Å². The molecule has 2 unspecified atom stereocenters. The monoisotopic (exact) mass is 258 g/mol. The number of rotatable bonds is 1. The first-order chi connectivity index (χ1) is 8.06. The van der Waals surface area contributed by atoms with Gasteiger partial charge in [0.05, 0.1) is 0 Å². The first-order valence-electron chi connectivity index (χ1n) is 6.09. The van der Waals surface area contributed by atoms with Gasteiger partial charge in [0.25, 0.3) is 5.91 Å². The topological polar surface area (TPSA) is 92.9 Å². The molecule has 1 aliphatic rings. The molecule has 0 saturated carbocycles. The van der Waals surface area contributed by atoms with Crippen LogP contribution in [0.15, 0.2) is 0 Å². The normalized spacial score (nSPS) is 28.9. The van der Waals surface area contributed by atoms with Crippen molar-refractivity contribution in [2.45, 2.75) is 51.9 Å². The van der Waals surface area contributed by atoms with E-state index in [2.05, 4.69) is 0 Å². The zero-order valence-electron chi connectivity index (χ0n) is 11.4. The standard InChI is InChI=1S/C12H22N2O4/c1-8-5-6-14(10(16)18-11(2,3)4)12(17,7-8)9(13)15/h8,17H,5-7H2,1-4H3,(H2,13,15). The van der Waals surface area contributed by atoms with Crippen LogP contribution in [0.25, 0.3) is 0 Å². The van der Waals surface area contributed by atoms with Gasteiger partial charge in [0.15, 0.2) is 0 Å². The summed E-state index contributed by atoms with van der Waals surface area (Å²) in [5.41, 5.74) is 2.59. The summed E-state index contributed by atoms with van der Waals surface area (Å²) in [6, 6.07) is 0. The van der Waals surface area contributed by atoms with E-state index in [-0.39, 0.29) is 18.9 Å². The SMILES string of the molecule is CC1CCN(C(=O)OC(C)(C)C)C(O)(C(N)=O)C1. The molecule has 18 heavy (non-hydrogen) atoms. The summed E-state index contributed by atoms with van der Waals surface area (Å²) in [6.07, 6.45) is 0.131. The fourth-order valence-electron chi connectivity index (χ4n) is 2.03. The molecule has 0 aliphatic carbocycles. The molecule has 1 saturated heterocycles. The van der Waals surface area contributed by atoms with Crippen molar-refractivity contribution < 1.29 is 19.4 Å². The molecule has 6 heteroatoms. The number of nitrogens with zero attached hydrogens (tertiary/aromatic N) is 1. The summed E-state index contributed by atoms with van der Waals surface area (Å²) in [6.45, 7) is 7.33. The lowest BCUT2D eigenvalue weighted by molar-refractivity contribution is -0.169. The van der Waals surface area contributed by atoms with E-state index in [1.165, 1.54) is 0 Å². The number of aliphatic hydroxyl groups is 1. The lowest BCUT2D eigenvalue weighted by Crippen LogP contribution is -2.63. The van der Waals surface area contributed by atoms with E-state index in [4.69, 9.17) is 10.5 Å². The highest BCUT2D eigenvalue weighted by Crippen LogP contribution is 2.31. The minimum atomic E-state index is -1.94. The molecule has 0 spiro atoms. The second-order valence-corrected chi connectivity index (χ2v) is 5.91. The van der Waals surface area contributed by atoms with Crippen molar-refractivity contribution in [2.24, 2.45) is 11.7 Å². The number of carbonyl (C=O) groups is 2. The van der Waals surface area contributed by atoms with Gasteiger partial charge in [0.2, 0.25) is 5.72 Å². The molecule has 0 radical (unpaired) electrons. The van der Waals surface area contributed by atoms with Crippen molar-refractivity contribution in [3.05, 3.63) is 0 Å². The molecule has 0 aromatic carbocycles. The van der Waals surface area contributed by atoms with E-state index >= 15 is 0 Å². The fraction of sp³-hybridized carbons (Fsp3) is 0.833. The van der Waals surface area contributed by atoms with E-state index in [9.17, 15) is 14.7 Å². The Labute approximate surface area is 107 Å². The van der Waals surface area contributed by atoms with Crippen molar-refractivity contribution in [2.75, 3.05) is 6.54 Å². The summed E-state index contributed by atoms with van der Waals surface area (Å²) >= 11 is 0. The maximum absolute atomic E-state index is 12.0. The number of nitrogens with two attached hydrogens (primary N) is 1. The minimum Gasteiger partial charge on any atom is -0.444 e. The largest absolute Gasteiger partial charge is 0.444 e. The van der Waals surface area contributed by atoms with Gasteiger partial charge >= 0.3 is 6.09 Å². The van der Waals surface area contributed by atoms with Crippen LogP contribution in [0.5, 0.6) is 0 Å². The highest BCUT2D eigenvalue weighted by atomic mass is 16.6. The molecule has 0 bridgehead atoms. The Morgan fingerprint density at radius 2 is 2.00 bits per heavy atom. The van der Waals surface area contributed by atoms with Crippen molar-refractivity contribution >= 4 is 12.0 Å². The third-order valence-corrected chi connectivity index (χ3v) is 2.93. The summed E-state index contributed by atoms with van der Waals surface area (Å²) in [7, 11) is 0. The predicted octanol–water partition coefficient (Wildman–Crippen LogP) is 0.827. The summed E-state index contributed by atoms with van der Waals surface area (Å²) in [5, 5.41) is 10.3. The van der Waals surface area contributed by atoms with Crippen LogP contribution in [-0.2, 0) is 9.53 Å². The Morgan fingerprint density at radius 1 is 1.44 bits per heavy atom. The predicted molar refractivity (Wildman–Crippen MR) is 65.5 cm³/mol. The first kappa shape index (κ1) is 14.8. The maximum Gasteiger partial charge on any atom is 0.412 e. The van der Waals surface area contributed by atoms with Crippen LogP contribution in [-0.4, -0.2) is 39.9 Å². The van der Waals surface area contributed by atoms with Crippen molar-refractivity contribution in [1.82, 2.24) is 4.90 Å². The number of piperidine rings is 1. The average Bonchev–Trinajstić information content (AvgIpc) is 2.13. The third kappa shape index (κ3) is 3.13. The molecular formula is C12H22N2O4. The van der Waals surface area contributed by atoms with Gasteiger partial charge in [-0.15, -0.1) is 0 Å². The average molecular weight is 258 g/mol. The number of likely N-dealkylation sites (tertiary alicyclic amines) is 1. The maximum atomic E-state index is 12.0. The highest BCUT2D eigenvalue weighted by molar-refractivity contribution is 5.87. The number of hydrogen-bond donors (Lipinski definition) is 2. The Bertz CT molecular complexity index is 350. The van der Waals surface area contributed by atoms with E-state index in [1.54, 1.807) is 20.8 Å². The second-order valence-electron chi connectivity index (χ2n) is 5.91. The van der Waals surface area contributed by atoms with E-state index in [0.717, 1.165) is 4.90 Å². The van der Waals surface area contributed by atoms with E-state index in [1.807, 2.05) is 6.92 Å². The smallest absolute Gasteiger partial charge is 0.412 e. The summed E-state index contributed by atoms with van der Waals surface area (Å²) in [4.78, 5) is 24.4. The first-order valence-corrected chi connectivity index (χ1v) is 6.09. The van der Waals surface area contributed by atoms with Gasteiger partial charge in [-0.2, -0.15) is 0 Å². The minimum absolute atomic E-state index is 0.126. The Morgan fingerprint density at radius 3 is 2.44 bits per heavy atom. The zero-order chi connectivity index (χ0) is 14.1. The van der Waals surface area contributed by atoms with Gasteiger partial charge in [-0.05, 0) is 33.1 Å². The molecule has 1 rings (SSSR count). The van der Waals surface area contributed by atoms with Crippen LogP contribution >= 0.6 is 0 Å².